The first kappa shape index (κ1) is 41.3. The van der Waals surface area contributed by atoms with E-state index < -0.39 is 59.1 Å². The zero-order valence-electron chi connectivity index (χ0n) is 30.5. The van der Waals surface area contributed by atoms with Gasteiger partial charge in [0, 0.05) is 24.9 Å². The average molecular weight is 691 g/mol. The van der Waals surface area contributed by atoms with Crippen molar-refractivity contribution in [2.45, 2.75) is 123 Å². The zero-order valence-corrected chi connectivity index (χ0v) is 30.5. The normalized spacial score (nSPS) is 13.2. The van der Waals surface area contributed by atoms with Crippen LogP contribution in [-0.4, -0.2) is 64.5 Å². The quantitative estimate of drug-likeness (QED) is 0.115. The molecule has 0 bridgehead atoms. The summed E-state index contributed by atoms with van der Waals surface area (Å²) in [5, 5.41) is 5.48. The lowest BCUT2D eigenvalue weighted by molar-refractivity contribution is -0.159. The van der Waals surface area contributed by atoms with Gasteiger partial charge in [0.05, 0.1) is 0 Å². The van der Waals surface area contributed by atoms with Crippen LogP contribution in [0.3, 0.4) is 0 Å². The highest BCUT2D eigenvalue weighted by molar-refractivity contribution is 5.94. The van der Waals surface area contributed by atoms with Gasteiger partial charge in [-0.1, -0.05) is 74.6 Å². The number of unbranched alkanes of at least 4 members (excludes halogenated alkanes) is 3. The average Bonchev–Trinajstić information content (AvgIpc) is 3.02. The SMILES string of the molecule is C#Cc1ccc(C(C(=O)NC(Cc2ccccc2)C(=O)OC(C)(C)C)N(CCCCCC)C(=O)C(CCC(N)=O)NC(=O)OC(C)(C)C)cc1. The van der Waals surface area contributed by atoms with Gasteiger partial charge in [0.1, 0.15) is 29.3 Å². The summed E-state index contributed by atoms with van der Waals surface area (Å²) in [6.07, 6.45) is 7.69. The van der Waals surface area contributed by atoms with Gasteiger partial charge in [-0.2, -0.15) is 0 Å². The molecule has 0 saturated carbocycles. The lowest BCUT2D eigenvalue weighted by Crippen LogP contribution is -2.55. The molecule has 3 unspecified atom stereocenters. The molecule has 0 heterocycles. The molecule has 0 fully saturated rings. The van der Waals surface area contributed by atoms with Gasteiger partial charge >= 0.3 is 12.1 Å². The number of primary amides is 1. The predicted molar refractivity (Wildman–Crippen MR) is 192 cm³/mol. The number of hydrogen-bond acceptors (Lipinski definition) is 7. The van der Waals surface area contributed by atoms with E-state index in [1.165, 1.54) is 4.90 Å². The van der Waals surface area contributed by atoms with Crippen LogP contribution in [0.5, 0.6) is 0 Å². The highest BCUT2D eigenvalue weighted by atomic mass is 16.6. The molecule has 3 atom stereocenters. The molecule has 4 amide bonds. The summed E-state index contributed by atoms with van der Waals surface area (Å²) in [6.45, 7) is 12.5. The van der Waals surface area contributed by atoms with E-state index in [-0.39, 0.29) is 25.8 Å². The van der Waals surface area contributed by atoms with Crippen molar-refractivity contribution in [3.63, 3.8) is 0 Å². The monoisotopic (exact) mass is 690 g/mol. The number of benzene rings is 2. The molecule has 4 N–H and O–H groups in total. The fourth-order valence-electron chi connectivity index (χ4n) is 5.17. The number of hydrogen-bond donors (Lipinski definition) is 3. The minimum absolute atomic E-state index is 0.127. The van der Waals surface area contributed by atoms with Crippen molar-refractivity contribution in [3.05, 3.63) is 71.3 Å². The second kappa shape index (κ2) is 19.4. The number of nitrogens with one attached hydrogen (secondary N) is 2. The number of carbonyl (C=O) groups excluding carboxylic acids is 5. The Morgan fingerprint density at radius 3 is 2.00 bits per heavy atom. The van der Waals surface area contributed by atoms with Crippen molar-refractivity contribution in [2.75, 3.05) is 6.54 Å². The van der Waals surface area contributed by atoms with Crippen LogP contribution in [0.1, 0.15) is 110 Å². The second-order valence-electron chi connectivity index (χ2n) is 14.2. The molecule has 272 valence electrons. The van der Waals surface area contributed by atoms with Crippen LogP contribution in [0.25, 0.3) is 0 Å². The first-order chi connectivity index (χ1) is 23.4. The first-order valence-corrected chi connectivity index (χ1v) is 17.2. The van der Waals surface area contributed by atoms with Gasteiger partial charge in [0.25, 0.3) is 0 Å². The first-order valence-electron chi connectivity index (χ1n) is 17.2. The fourth-order valence-corrected chi connectivity index (χ4v) is 5.17. The summed E-state index contributed by atoms with van der Waals surface area (Å²) in [7, 11) is 0. The summed E-state index contributed by atoms with van der Waals surface area (Å²) in [5.74, 6) is -0.000279. The number of amides is 4. The van der Waals surface area contributed by atoms with Gasteiger partial charge in [0.15, 0.2) is 0 Å². The Morgan fingerprint density at radius 1 is 0.840 bits per heavy atom. The van der Waals surface area contributed by atoms with Crippen molar-refractivity contribution in [1.29, 1.82) is 0 Å². The number of rotatable bonds is 17. The van der Waals surface area contributed by atoms with Crippen LogP contribution < -0.4 is 16.4 Å². The smallest absolute Gasteiger partial charge is 0.408 e. The minimum Gasteiger partial charge on any atom is -0.458 e. The van der Waals surface area contributed by atoms with Gasteiger partial charge in [-0.15, -0.1) is 6.42 Å². The molecule has 0 aliphatic carbocycles. The molecule has 0 radical (unpaired) electrons. The van der Waals surface area contributed by atoms with E-state index in [1.807, 2.05) is 30.3 Å². The summed E-state index contributed by atoms with van der Waals surface area (Å²) >= 11 is 0. The third-order valence-electron chi connectivity index (χ3n) is 7.45. The molecular weight excluding hydrogens is 636 g/mol. The van der Waals surface area contributed by atoms with Crippen molar-refractivity contribution >= 4 is 29.8 Å². The van der Waals surface area contributed by atoms with Crippen LogP contribution in [0, 0.1) is 12.3 Å². The molecule has 0 spiro atoms. The molecule has 0 aromatic heterocycles. The van der Waals surface area contributed by atoms with Crippen LogP contribution in [-0.2, 0) is 35.1 Å². The number of esters is 1. The number of nitrogens with two attached hydrogens (primary N) is 1. The Labute approximate surface area is 297 Å². The summed E-state index contributed by atoms with van der Waals surface area (Å²) in [4.78, 5) is 68.8. The standard InChI is InChI=1S/C39H54N4O7/c1-9-11-12-16-25-43(35(46)30(23-24-32(40)44)42-37(48)50-39(6,7)8)33(29-21-19-27(10-2)20-22-29)34(45)41-31(36(47)49-38(3,4)5)26-28-17-14-13-15-18-28/h2,13-15,17-22,30-31,33H,9,11-12,16,23-26H2,1,3-8H3,(H2,40,44)(H,41,45)(H,42,48). The second-order valence-corrected chi connectivity index (χ2v) is 14.2. The lowest BCUT2D eigenvalue weighted by Gasteiger charge is -2.35. The van der Waals surface area contributed by atoms with Crippen molar-refractivity contribution in [3.8, 4) is 12.3 Å². The number of nitrogens with zero attached hydrogens (tertiary/aromatic N) is 1. The zero-order chi connectivity index (χ0) is 37.5. The van der Waals surface area contributed by atoms with Crippen molar-refractivity contribution in [1.82, 2.24) is 15.5 Å². The molecule has 0 aliphatic heterocycles. The molecule has 0 saturated heterocycles. The Kier molecular flexibility index (Phi) is 16.0. The molecule has 50 heavy (non-hydrogen) atoms. The Balaban J connectivity index is 2.67. The molecule has 2 aromatic carbocycles. The Hall–Kier alpha value is -4.85. The van der Waals surface area contributed by atoms with E-state index in [0.29, 0.717) is 17.5 Å². The molecule has 0 aliphatic rings. The molecule has 11 nitrogen and oxygen atoms in total. The number of carbonyl (C=O) groups is 5. The van der Waals surface area contributed by atoms with Gasteiger partial charge in [-0.25, -0.2) is 9.59 Å². The Morgan fingerprint density at radius 2 is 1.46 bits per heavy atom. The molecule has 2 aromatic rings. The maximum Gasteiger partial charge on any atom is 0.408 e. The topological polar surface area (TPSA) is 157 Å². The highest BCUT2D eigenvalue weighted by Crippen LogP contribution is 2.26. The van der Waals surface area contributed by atoms with E-state index in [4.69, 9.17) is 21.6 Å². The maximum atomic E-state index is 14.6. The van der Waals surface area contributed by atoms with Gasteiger partial charge < -0.3 is 30.7 Å². The van der Waals surface area contributed by atoms with Gasteiger partial charge in [-0.3, -0.25) is 14.4 Å². The van der Waals surface area contributed by atoms with Crippen LogP contribution >= 0.6 is 0 Å². The van der Waals surface area contributed by atoms with E-state index in [2.05, 4.69) is 23.5 Å². The lowest BCUT2D eigenvalue weighted by atomic mass is 9.98. The summed E-state index contributed by atoms with van der Waals surface area (Å²) in [6, 6.07) is 12.2. The maximum absolute atomic E-state index is 14.6. The third-order valence-corrected chi connectivity index (χ3v) is 7.45. The molecular formula is C39H54N4O7. The minimum atomic E-state index is -1.26. The van der Waals surface area contributed by atoms with E-state index in [9.17, 15) is 24.0 Å². The van der Waals surface area contributed by atoms with E-state index in [1.54, 1.807) is 65.8 Å². The third kappa shape index (κ3) is 14.7. The largest absolute Gasteiger partial charge is 0.458 e. The van der Waals surface area contributed by atoms with Gasteiger partial charge in [-0.05, 0) is 77.6 Å². The molecule has 2 rings (SSSR count). The van der Waals surface area contributed by atoms with Crippen molar-refractivity contribution < 1.29 is 33.4 Å². The predicted octanol–water partition coefficient (Wildman–Crippen LogP) is 5.35. The van der Waals surface area contributed by atoms with E-state index >= 15 is 0 Å². The highest BCUT2D eigenvalue weighted by Gasteiger charge is 2.38. The summed E-state index contributed by atoms with van der Waals surface area (Å²) < 4.78 is 11.1. The molecule has 11 heteroatoms. The van der Waals surface area contributed by atoms with Gasteiger partial charge in [0.2, 0.25) is 17.7 Å². The number of terminal acetylenes is 1. The Bertz CT molecular complexity index is 1470. The fraction of sp³-hybridized carbons (Fsp3) is 0.513. The van der Waals surface area contributed by atoms with Crippen LogP contribution in [0.15, 0.2) is 54.6 Å². The van der Waals surface area contributed by atoms with E-state index in [0.717, 1.165) is 24.8 Å². The summed E-state index contributed by atoms with van der Waals surface area (Å²) in [5.41, 5.74) is 5.54. The number of alkyl carbamates (subject to hydrolysis) is 1. The van der Waals surface area contributed by atoms with Crippen molar-refractivity contribution in [2.24, 2.45) is 5.73 Å². The van der Waals surface area contributed by atoms with Crippen LogP contribution in [0.2, 0.25) is 0 Å². The number of ether oxygens (including phenoxy) is 2. The van der Waals surface area contributed by atoms with Crippen LogP contribution in [0.4, 0.5) is 4.79 Å².